The molecule has 1 heterocycles. The predicted octanol–water partition coefficient (Wildman–Crippen LogP) is 4.74. The number of para-hydroxylation sites is 1. The first-order chi connectivity index (χ1) is 10.1. The van der Waals surface area contributed by atoms with Crippen LogP contribution in [0.15, 0.2) is 42.5 Å². The quantitative estimate of drug-likeness (QED) is 0.877. The smallest absolute Gasteiger partial charge is 0.143 e. The molecule has 1 unspecified atom stereocenters. The molecule has 1 N–H and O–H groups in total. The van der Waals surface area contributed by atoms with Crippen molar-refractivity contribution >= 4 is 5.69 Å². The molecule has 3 rings (SSSR count). The van der Waals surface area contributed by atoms with Gasteiger partial charge in [0.05, 0.1) is 12.2 Å². The number of aryl methyl sites for hydroxylation is 1. The molecular weight excluding hydrogens is 258 g/mol. The summed E-state index contributed by atoms with van der Waals surface area (Å²) in [4.78, 5) is 0. The van der Waals surface area contributed by atoms with Crippen molar-refractivity contribution < 1.29 is 4.74 Å². The van der Waals surface area contributed by atoms with Gasteiger partial charge in [-0.1, -0.05) is 50.2 Å². The number of rotatable bonds is 3. The Labute approximate surface area is 127 Å². The van der Waals surface area contributed by atoms with Crippen molar-refractivity contribution in [2.75, 3.05) is 11.9 Å². The van der Waals surface area contributed by atoms with Gasteiger partial charge in [0.1, 0.15) is 11.9 Å². The molecule has 1 aliphatic rings. The second-order valence-corrected chi connectivity index (χ2v) is 6.27. The van der Waals surface area contributed by atoms with Gasteiger partial charge in [0.2, 0.25) is 0 Å². The number of nitrogens with one attached hydrogen (secondary N) is 1. The zero-order valence-electron chi connectivity index (χ0n) is 13.0. The molecule has 0 saturated carbocycles. The fourth-order valence-corrected chi connectivity index (χ4v) is 2.88. The van der Waals surface area contributed by atoms with Crippen molar-refractivity contribution in [1.82, 2.24) is 0 Å². The minimum atomic E-state index is 0.0902. The second kappa shape index (κ2) is 5.80. The average Bonchev–Trinajstić information content (AvgIpc) is 2.47. The number of ether oxygens (including phenoxy) is 1. The fraction of sp³-hybridized carbons (Fsp3) is 0.368. The van der Waals surface area contributed by atoms with Crippen molar-refractivity contribution in [3.63, 3.8) is 0 Å². The molecule has 0 bridgehead atoms. The van der Waals surface area contributed by atoms with Crippen molar-refractivity contribution in [2.24, 2.45) is 5.92 Å². The number of fused-ring (bicyclic) bond motifs is 1. The Balaban J connectivity index is 1.77. The van der Waals surface area contributed by atoms with Gasteiger partial charge in [0, 0.05) is 0 Å². The van der Waals surface area contributed by atoms with Crippen LogP contribution in [0.1, 0.15) is 36.6 Å². The van der Waals surface area contributed by atoms with Crippen molar-refractivity contribution in [2.45, 2.75) is 33.3 Å². The first-order valence-corrected chi connectivity index (χ1v) is 7.72. The molecule has 2 nitrogen and oxygen atoms in total. The van der Waals surface area contributed by atoms with Crippen molar-refractivity contribution in [3.05, 3.63) is 59.2 Å². The number of hydrogen-bond donors (Lipinski definition) is 1. The summed E-state index contributed by atoms with van der Waals surface area (Å²) in [6, 6.07) is 15.0. The lowest BCUT2D eigenvalue weighted by molar-refractivity contribution is 0.210. The third-order valence-electron chi connectivity index (χ3n) is 3.96. The topological polar surface area (TPSA) is 21.3 Å². The van der Waals surface area contributed by atoms with E-state index in [2.05, 4.69) is 56.4 Å². The lowest BCUT2D eigenvalue weighted by Crippen LogP contribution is -2.24. The van der Waals surface area contributed by atoms with Gasteiger partial charge in [-0.2, -0.15) is 0 Å². The van der Waals surface area contributed by atoms with Crippen molar-refractivity contribution in [1.29, 1.82) is 0 Å². The SMILES string of the molecule is Cc1cccc2c1NCC(c1ccc(CC(C)C)cc1)O2. The zero-order valence-corrected chi connectivity index (χ0v) is 13.0. The van der Waals surface area contributed by atoms with E-state index in [-0.39, 0.29) is 6.10 Å². The predicted molar refractivity (Wildman–Crippen MR) is 88.0 cm³/mol. The van der Waals surface area contributed by atoms with E-state index in [1.165, 1.54) is 16.7 Å². The minimum Gasteiger partial charge on any atom is -0.482 e. The van der Waals surface area contributed by atoms with Gasteiger partial charge in [-0.3, -0.25) is 0 Å². The van der Waals surface area contributed by atoms with Crippen LogP contribution in [0.25, 0.3) is 0 Å². The lowest BCUT2D eigenvalue weighted by Gasteiger charge is -2.28. The van der Waals surface area contributed by atoms with Crippen LogP contribution in [0.4, 0.5) is 5.69 Å². The molecular formula is C19H23NO. The minimum absolute atomic E-state index is 0.0902. The lowest BCUT2D eigenvalue weighted by atomic mass is 9.99. The largest absolute Gasteiger partial charge is 0.482 e. The van der Waals surface area contributed by atoms with Crippen LogP contribution >= 0.6 is 0 Å². The highest BCUT2D eigenvalue weighted by molar-refractivity contribution is 5.63. The van der Waals surface area contributed by atoms with Gasteiger partial charge >= 0.3 is 0 Å². The van der Waals surface area contributed by atoms with E-state index in [1.807, 2.05) is 12.1 Å². The monoisotopic (exact) mass is 281 g/mol. The highest BCUT2D eigenvalue weighted by Gasteiger charge is 2.21. The molecule has 0 aromatic heterocycles. The van der Waals surface area contributed by atoms with Crippen LogP contribution in [0, 0.1) is 12.8 Å². The van der Waals surface area contributed by atoms with Gasteiger partial charge in [-0.25, -0.2) is 0 Å². The summed E-state index contributed by atoms with van der Waals surface area (Å²) < 4.78 is 6.16. The molecule has 0 saturated heterocycles. The van der Waals surface area contributed by atoms with Gasteiger partial charge < -0.3 is 10.1 Å². The van der Waals surface area contributed by atoms with E-state index in [4.69, 9.17) is 4.74 Å². The van der Waals surface area contributed by atoms with E-state index in [1.54, 1.807) is 0 Å². The highest BCUT2D eigenvalue weighted by Crippen LogP contribution is 2.36. The Hall–Kier alpha value is -1.96. The molecule has 0 aliphatic carbocycles. The Bertz CT molecular complexity index is 616. The Morgan fingerprint density at radius 2 is 1.90 bits per heavy atom. The van der Waals surface area contributed by atoms with Gasteiger partial charge in [0.15, 0.2) is 0 Å². The van der Waals surface area contributed by atoms with Gasteiger partial charge in [-0.15, -0.1) is 0 Å². The summed E-state index contributed by atoms with van der Waals surface area (Å²) in [7, 11) is 0. The third-order valence-corrected chi connectivity index (χ3v) is 3.96. The van der Waals surface area contributed by atoms with E-state index >= 15 is 0 Å². The van der Waals surface area contributed by atoms with E-state index < -0.39 is 0 Å². The van der Waals surface area contributed by atoms with Crippen LogP contribution in [0.5, 0.6) is 5.75 Å². The molecule has 21 heavy (non-hydrogen) atoms. The molecule has 2 heteroatoms. The van der Waals surface area contributed by atoms with Crippen LogP contribution in [0.3, 0.4) is 0 Å². The van der Waals surface area contributed by atoms with Crippen LogP contribution < -0.4 is 10.1 Å². The Morgan fingerprint density at radius 1 is 1.14 bits per heavy atom. The number of anilines is 1. The number of hydrogen-bond acceptors (Lipinski definition) is 2. The van der Waals surface area contributed by atoms with Crippen LogP contribution in [-0.2, 0) is 6.42 Å². The summed E-state index contributed by atoms with van der Waals surface area (Å²) >= 11 is 0. The zero-order chi connectivity index (χ0) is 14.8. The fourth-order valence-electron chi connectivity index (χ4n) is 2.88. The summed E-state index contributed by atoms with van der Waals surface area (Å²) in [5, 5.41) is 3.50. The molecule has 1 aliphatic heterocycles. The maximum Gasteiger partial charge on any atom is 0.143 e. The van der Waals surface area contributed by atoms with E-state index in [0.717, 1.165) is 24.4 Å². The maximum atomic E-state index is 6.16. The molecule has 110 valence electrons. The van der Waals surface area contributed by atoms with Gasteiger partial charge in [0.25, 0.3) is 0 Å². The van der Waals surface area contributed by atoms with Crippen LogP contribution in [0.2, 0.25) is 0 Å². The summed E-state index contributed by atoms with van der Waals surface area (Å²) in [5.41, 5.74) is 5.00. The summed E-state index contributed by atoms with van der Waals surface area (Å²) in [5.74, 6) is 1.65. The Morgan fingerprint density at radius 3 is 2.62 bits per heavy atom. The molecule has 2 aromatic carbocycles. The van der Waals surface area contributed by atoms with E-state index in [9.17, 15) is 0 Å². The Kier molecular flexibility index (Phi) is 3.87. The first kappa shape index (κ1) is 14.0. The molecule has 0 spiro atoms. The summed E-state index contributed by atoms with van der Waals surface area (Å²) in [6.07, 6.45) is 1.22. The van der Waals surface area contributed by atoms with Crippen LogP contribution in [-0.4, -0.2) is 6.54 Å². The average molecular weight is 281 g/mol. The second-order valence-electron chi connectivity index (χ2n) is 6.27. The normalized spacial score (nSPS) is 17.0. The third kappa shape index (κ3) is 3.05. The van der Waals surface area contributed by atoms with E-state index in [0.29, 0.717) is 5.92 Å². The van der Waals surface area contributed by atoms with Gasteiger partial charge in [-0.05, 0) is 42.0 Å². The van der Waals surface area contributed by atoms with Crippen molar-refractivity contribution in [3.8, 4) is 5.75 Å². The number of benzene rings is 2. The molecule has 2 aromatic rings. The molecule has 1 atom stereocenters. The standard InChI is InChI=1S/C19H23NO/c1-13(2)11-15-7-9-16(10-8-15)18-12-20-19-14(3)5-4-6-17(19)21-18/h4-10,13,18,20H,11-12H2,1-3H3. The summed E-state index contributed by atoms with van der Waals surface area (Å²) in [6.45, 7) is 7.43. The first-order valence-electron chi connectivity index (χ1n) is 7.72. The molecule has 0 radical (unpaired) electrons. The molecule has 0 fully saturated rings. The highest BCUT2D eigenvalue weighted by atomic mass is 16.5. The molecule has 0 amide bonds. The maximum absolute atomic E-state index is 6.16.